The lowest BCUT2D eigenvalue weighted by Gasteiger charge is -2.29. The summed E-state index contributed by atoms with van der Waals surface area (Å²) in [5, 5.41) is 3.29. The predicted octanol–water partition coefficient (Wildman–Crippen LogP) is 3.39. The summed E-state index contributed by atoms with van der Waals surface area (Å²) in [5.41, 5.74) is 7.50. The summed E-state index contributed by atoms with van der Waals surface area (Å²) in [6.07, 6.45) is 5.73. The summed E-state index contributed by atoms with van der Waals surface area (Å²) in [4.78, 5) is 30.2. The number of halogens is 1. The highest BCUT2D eigenvalue weighted by Gasteiger charge is 2.27. The van der Waals surface area contributed by atoms with Crippen LogP contribution in [0.15, 0.2) is 24.3 Å². The third-order valence-electron chi connectivity index (χ3n) is 5.70. The average molecular weight is 490 g/mol. The number of nitrogens with two attached hydrogens (primary N) is 1. The molecule has 2 saturated heterocycles. The first-order chi connectivity index (χ1) is 14.1. The van der Waals surface area contributed by atoms with E-state index in [-0.39, 0.29) is 46.3 Å². The number of Topliss-reactive ketones (excluding diaryl/α,β-unsaturated/α-hetero) is 1. The van der Waals surface area contributed by atoms with Crippen LogP contribution in [0.25, 0.3) is 0 Å². The molecule has 0 unspecified atom stereocenters. The average Bonchev–Trinajstić information content (AvgIpc) is 3.23. The molecule has 1 aromatic carbocycles. The van der Waals surface area contributed by atoms with Crippen molar-refractivity contribution in [2.75, 3.05) is 41.3 Å². The Morgan fingerprint density at radius 2 is 1.67 bits per heavy atom. The molecular formula is C21H44ClN9O2. The number of nitrogens with zero attached hydrogens (tertiary/aromatic N) is 5. The SMILES string of the molecule is CC(=O)c1ccc(Nc2nc(N3CCCCC3)nc(N3CCC[C@H]3CN)n2)cc1.Cl.N.N.O.[HH].[HH].[HH]. The lowest BCUT2D eigenvalue weighted by atomic mass is 10.1. The normalized spacial score (nSPS) is 17.1. The highest BCUT2D eigenvalue weighted by molar-refractivity contribution is 5.94. The number of carbonyl (C=O) groups is 1. The minimum Gasteiger partial charge on any atom is -0.412 e. The van der Waals surface area contributed by atoms with Gasteiger partial charge in [-0.15, -0.1) is 12.4 Å². The fourth-order valence-electron chi connectivity index (χ4n) is 4.03. The number of aromatic nitrogens is 3. The van der Waals surface area contributed by atoms with Gasteiger partial charge in [0.2, 0.25) is 17.8 Å². The summed E-state index contributed by atoms with van der Waals surface area (Å²) >= 11 is 0. The second-order valence-electron chi connectivity index (χ2n) is 7.79. The second kappa shape index (κ2) is 13.9. The number of carbonyl (C=O) groups excluding carboxylic acids is 1. The molecule has 0 radical (unpaired) electrons. The number of nitrogens with one attached hydrogen (secondary N) is 1. The van der Waals surface area contributed by atoms with Crippen LogP contribution in [-0.2, 0) is 0 Å². The molecule has 0 saturated carbocycles. The maximum atomic E-state index is 11.5. The Kier molecular flexibility index (Phi) is 12.8. The minimum absolute atomic E-state index is 0. The van der Waals surface area contributed by atoms with E-state index in [4.69, 9.17) is 20.7 Å². The van der Waals surface area contributed by atoms with E-state index >= 15 is 0 Å². The monoisotopic (exact) mass is 489 g/mol. The first-order valence-corrected chi connectivity index (χ1v) is 10.5. The maximum absolute atomic E-state index is 11.5. The third kappa shape index (κ3) is 7.21. The van der Waals surface area contributed by atoms with Crippen molar-refractivity contribution in [3.63, 3.8) is 0 Å². The van der Waals surface area contributed by atoms with E-state index in [2.05, 4.69) is 15.1 Å². The van der Waals surface area contributed by atoms with E-state index in [9.17, 15) is 4.79 Å². The Bertz CT molecular complexity index is 878. The van der Waals surface area contributed by atoms with Crippen LogP contribution >= 0.6 is 12.4 Å². The Morgan fingerprint density at radius 3 is 2.27 bits per heavy atom. The number of piperidine rings is 1. The Labute approximate surface area is 205 Å². The summed E-state index contributed by atoms with van der Waals surface area (Å²) in [7, 11) is 0. The van der Waals surface area contributed by atoms with Gasteiger partial charge in [-0.05, 0) is 63.3 Å². The second-order valence-corrected chi connectivity index (χ2v) is 7.79. The molecule has 192 valence electrons. The topological polar surface area (TPSA) is 202 Å². The molecule has 2 fully saturated rings. The molecule has 33 heavy (non-hydrogen) atoms. The fraction of sp³-hybridized carbons (Fsp3) is 0.524. The molecule has 4 rings (SSSR count). The molecule has 12 heteroatoms. The summed E-state index contributed by atoms with van der Waals surface area (Å²) in [6.45, 7) is 5.01. The minimum atomic E-state index is 0. The van der Waals surface area contributed by atoms with Crippen molar-refractivity contribution in [3.05, 3.63) is 29.8 Å². The van der Waals surface area contributed by atoms with E-state index in [1.54, 1.807) is 6.92 Å². The molecule has 2 aliphatic rings. The van der Waals surface area contributed by atoms with Crippen LogP contribution in [0, 0.1) is 0 Å². The summed E-state index contributed by atoms with van der Waals surface area (Å²) < 4.78 is 0. The van der Waals surface area contributed by atoms with Crippen molar-refractivity contribution in [3.8, 4) is 0 Å². The van der Waals surface area contributed by atoms with Crippen LogP contribution in [-0.4, -0.2) is 58.4 Å². The number of rotatable bonds is 6. The van der Waals surface area contributed by atoms with Gasteiger partial charge in [0.25, 0.3) is 0 Å². The Balaban J connectivity index is -0.000000731. The van der Waals surface area contributed by atoms with E-state index in [0.29, 0.717) is 24.0 Å². The van der Waals surface area contributed by atoms with Crippen LogP contribution in [0.5, 0.6) is 0 Å². The van der Waals surface area contributed by atoms with Crippen LogP contribution in [0.4, 0.5) is 23.5 Å². The molecular weight excluding hydrogens is 446 g/mol. The number of hydrogen-bond donors (Lipinski definition) is 4. The lowest BCUT2D eigenvalue weighted by molar-refractivity contribution is 0.101. The molecule has 11 nitrogen and oxygen atoms in total. The van der Waals surface area contributed by atoms with Crippen LogP contribution in [0.3, 0.4) is 0 Å². The van der Waals surface area contributed by atoms with Crippen molar-refractivity contribution in [1.82, 2.24) is 27.3 Å². The highest BCUT2D eigenvalue weighted by Crippen LogP contribution is 2.26. The predicted molar refractivity (Wildman–Crippen MR) is 142 cm³/mol. The zero-order chi connectivity index (χ0) is 20.2. The van der Waals surface area contributed by atoms with Gasteiger partial charge in [-0.2, -0.15) is 15.0 Å². The third-order valence-corrected chi connectivity index (χ3v) is 5.70. The van der Waals surface area contributed by atoms with Gasteiger partial charge in [0, 0.05) is 47.8 Å². The van der Waals surface area contributed by atoms with E-state index in [1.165, 1.54) is 6.42 Å². The van der Waals surface area contributed by atoms with Crippen molar-refractivity contribution in [2.45, 2.75) is 45.1 Å². The largest absolute Gasteiger partial charge is 0.412 e. The van der Waals surface area contributed by atoms with Gasteiger partial charge in [0.1, 0.15) is 0 Å². The van der Waals surface area contributed by atoms with Gasteiger partial charge in [-0.3, -0.25) is 4.79 Å². The molecule has 0 bridgehead atoms. The van der Waals surface area contributed by atoms with Crippen molar-refractivity contribution >= 4 is 41.7 Å². The molecule has 1 atom stereocenters. The quantitative estimate of drug-likeness (QED) is 0.435. The van der Waals surface area contributed by atoms with Crippen LogP contribution in [0.2, 0.25) is 0 Å². The lowest BCUT2D eigenvalue weighted by Crippen LogP contribution is -2.37. The van der Waals surface area contributed by atoms with Gasteiger partial charge in [0.05, 0.1) is 0 Å². The number of benzene rings is 1. The Morgan fingerprint density at radius 1 is 1.03 bits per heavy atom. The molecule has 1 aromatic heterocycles. The molecule has 11 N–H and O–H groups in total. The Hall–Kier alpha value is -2.57. The van der Waals surface area contributed by atoms with Gasteiger partial charge < -0.3 is 38.6 Å². The van der Waals surface area contributed by atoms with Gasteiger partial charge in [0.15, 0.2) is 5.78 Å². The fourth-order valence-corrected chi connectivity index (χ4v) is 4.03. The maximum Gasteiger partial charge on any atom is 0.233 e. The zero-order valence-corrected chi connectivity index (χ0v) is 20.1. The molecule has 0 aliphatic carbocycles. The number of anilines is 4. The first kappa shape index (κ1) is 30.4. The van der Waals surface area contributed by atoms with Gasteiger partial charge >= 0.3 is 0 Å². The number of ketones is 1. The molecule has 2 aliphatic heterocycles. The van der Waals surface area contributed by atoms with Crippen molar-refractivity contribution < 1.29 is 14.6 Å². The van der Waals surface area contributed by atoms with E-state index in [1.807, 2.05) is 24.3 Å². The zero-order valence-electron chi connectivity index (χ0n) is 19.3. The van der Waals surface area contributed by atoms with Crippen molar-refractivity contribution in [2.24, 2.45) is 5.73 Å². The van der Waals surface area contributed by atoms with Crippen LogP contribution in [0.1, 0.15) is 53.7 Å². The molecule has 0 amide bonds. The summed E-state index contributed by atoms with van der Waals surface area (Å²) in [6, 6.07) is 7.64. The van der Waals surface area contributed by atoms with Gasteiger partial charge in [-0.25, -0.2) is 0 Å². The highest BCUT2D eigenvalue weighted by atomic mass is 35.5. The smallest absolute Gasteiger partial charge is 0.233 e. The standard InChI is InChI=1S/C21H29N7O.ClH.2H3N.H2O.3H2/c1-15(29)16-7-9-17(10-8-16)23-19-24-20(27-11-3-2-4-12-27)26-21(25-19)28-13-5-6-18(28)14-22;;;;;;;/h7-10,18H,2-6,11-14,22H2,1H3,(H,23,24,25,26);1H;2*1H3;1H2;3*1H/t18-;;;;;;;/m0......./s1. The van der Waals surface area contributed by atoms with E-state index in [0.717, 1.165) is 57.0 Å². The van der Waals surface area contributed by atoms with Gasteiger partial charge in [-0.1, -0.05) is 0 Å². The molecule has 2 aromatic rings. The van der Waals surface area contributed by atoms with E-state index < -0.39 is 0 Å². The molecule has 3 heterocycles. The van der Waals surface area contributed by atoms with Crippen LogP contribution < -0.4 is 33.2 Å². The number of hydrogen-bond acceptors (Lipinski definition) is 10. The summed E-state index contributed by atoms with van der Waals surface area (Å²) in [5.74, 6) is 1.98. The molecule has 0 spiro atoms. The van der Waals surface area contributed by atoms with Crippen molar-refractivity contribution in [1.29, 1.82) is 0 Å². The first-order valence-electron chi connectivity index (χ1n) is 10.5.